The highest BCUT2D eigenvalue weighted by Gasteiger charge is 2.45. The van der Waals surface area contributed by atoms with Crippen molar-refractivity contribution >= 4 is 0 Å². The molecule has 0 spiro atoms. The fourth-order valence-electron chi connectivity index (χ4n) is 1.60. The third-order valence-corrected chi connectivity index (χ3v) is 2.99. The van der Waals surface area contributed by atoms with E-state index in [1.54, 1.807) is 19.9 Å². The molecule has 2 atom stereocenters. The number of hydrogen-bond acceptors (Lipinski definition) is 2. The number of hydrogen-bond donors (Lipinski definition) is 1. The van der Waals surface area contributed by atoms with Gasteiger partial charge < -0.3 is 10.5 Å². The molecule has 5 heteroatoms. The lowest BCUT2D eigenvalue weighted by Gasteiger charge is -2.27. The molecule has 2 N–H and O–H groups in total. The van der Waals surface area contributed by atoms with Crippen LogP contribution in [0.25, 0.3) is 0 Å². The van der Waals surface area contributed by atoms with Crippen LogP contribution in [0.2, 0.25) is 0 Å². The third kappa shape index (κ3) is 3.38. The van der Waals surface area contributed by atoms with Crippen molar-refractivity contribution in [3.05, 3.63) is 29.3 Å². The molecule has 1 rings (SSSR count). The molecule has 0 saturated carbocycles. The van der Waals surface area contributed by atoms with E-state index < -0.39 is 18.3 Å². The molecule has 0 aliphatic heterocycles. The van der Waals surface area contributed by atoms with Crippen LogP contribution in [0.5, 0.6) is 5.75 Å². The van der Waals surface area contributed by atoms with Gasteiger partial charge in [0.05, 0.1) is 6.04 Å². The Balaban J connectivity index is 3.00. The number of halogens is 3. The number of benzene rings is 1. The molecule has 2 unspecified atom stereocenters. The van der Waals surface area contributed by atoms with E-state index in [9.17, 15) is 13.2 Å². The molecule has 1 aromatic carbocycles. The Bertz CT molecular complexity index is 404. The van der Waals surface area contributed by atoms with Gasteiger partial charge in [-0.2, -0.15) is 13.2 Å². The summed E-state index contributed by atoms with van der Waals surface area (Å²) in [5, 5.41) is 0. The molecule has 102 valence electrons. The number of alkyl halides is 3. The average Bonchev–Trinajstić information content (AvgIpc) is 2.28. The second kappa shape index (κ2) is 5.61. The van der Waals surface area contributed by atoms with Crippen molar-refractivity contribution in [1.29, 1.82) is 0 Å². The number of rotatable bonds is 4. The summed E-state index contributed by atoms with van der Waals surface area (Å²) >= 11 is 0. The molecule has 0 aromatic heterocycles. The van der Waals surface area contributed by atoms with Crippen molar-refractivity contribution < 1.29 is 17.9 Å². The van der Waals surface area contributed by atoms with Gasteiger partial charge in [0.1, 0.15) is 5.75 Å². The minimum atomic E-state index is -4.47. The van der Waals surface area contributed by atoms with Gasteiger partial charge in [-0.15, -0.1) is 0 Å². The van der Waals surface area contributed by atoms with Crippen molar-refractivity contribution in [3.8, 4) is 5.75 Å². The summed E-state index contributed by atoms with van der Waals surface area (Å²) in [5.41, 5.74) is 7.09. The molecule has 0 aliphatic rings. The SMILES string of the molecule is CCC(N)C(Oc1cccc(C)c1C)C(F)(F)F. The zero-order chi connectivity index (χ0) is 13.9. The van der Waals surface area contributed by atoms with Gasteiger partial charge in [0, 0.05) is 0 Å². The monoisotopic (exact) mass is 261 g/mol. The molecule has 0 fully saturated rings. The zero-order valence-corrected chi connectivity index (χ0v) is 10.7. The van der Waals surface area contributed by atoms with Crippen molar-refractivity contribution in [2.75, 3.05) is 0 Å². The minimum Gasteiger partial charge on any atom is -0.479 e. The Hall–Kier alpha value is -1.23. The first-order valence-corrected chi connectivity index (χ1v) is 5.82. The summed E-state index contributed by atoms with van der Waals surface area (Å²) in [6, 6.07) is 3.96. The van der Waals surface area contributed by atoms with E-state index in [1.807, 2.05) is 13.0 Å². The number of aryl methyl sites for hydroxylation is 1. The summed E-state index contributed by atoms with van der Waals surface area (Å²) < 4.78 is 43.7. The Morgan fingerprint density at radius 1 is 1.28 bits per heavy atom. The predicted octanol–water partition coefficient (Wildman–Crippen LogP) is 3.35. The third-order valence-electron chi connectivity index (χ3n) is 2.99. The van der Waals surface area contributed by atoms with Crippen molar-refractivity contribution in [2.24, 2.45) is 5.73 Å². The number of nitrogens with two attached hydrogens (primary N) is 1. The molecule has 0 radical (unpaired) electrons. The first-order chi connectivity index (χ1) is 8.27. The van der Waals surface area contributed by atoms with Gasteiger partial charge in [-0.3, -0.25) is 0 Å². The van der Waals surface area contributed by atoms with E-state index in [0.29, 0.717) is 5.56 Å². The van der Waals surface area contributed by atoms with Crippen LogP contribution in [0, 0.1) is 13.8 Å². The lowest BCUT2D eigenvalue weighted by molar-refractivity contribution is -0.201. The van der Waals surface area contributed by atoms with Crippen LogP contribution in [0.3, 0.4) is 0 Å². The van der Waals surface area contributed by atoms with Crippen molar-refractivity contribution in [2.45, 2.75) is 45.5 Å². The fraction of sp³-hybridized carbons (Fsp3) is 0.538. The fourth-order valence-corrected chi connectivity index (χ4v) is 1.60. The molecule has 0 saturated heterocycles. The van der Waals surface area contributed by atoms with E-state index in [2.05, 4.69) is 0 Å². The highest BCUT2D eigenvalue weighted by atomic mass is 19.4. The highest BCUT2D eigenvalue weighted by Crippen LogP contribution is 2.30. The molecular formula is C13H18F3NO. The predicted molar refractivity (Wildman–Crippen MR) is 64.7 cm³/mol. The number of ether oxygens (including phenoxy) is 1. The van der Waals surface area contributed by atoms with E-state index in [0.717, 1.165) is 5.56 Å². The van der Waals surface area contributed by atoms with E-state index in [4.69, 9.17) is 10.5 Å². The average molecular weight is 261 g/mol. The van der Waals surface area contributed by atoms with Crippen LogP contribution in [0.1, 0.15) is 24.5 Å². The van der Waals surface area contributed by atoms with Crippen molar-refractivity contribution in [3.63, 3.8) is 0 Å². The molecule has 0 heterocycles. The van der Waals surface area contributed by atoms with Crippen LogP contribution in [-0.2, 0) is 0 Å². The maximum atomic E-state index is 12.9. The Morgan fingerprint density at radius 2 is 1.89 bits per heavy atom. The highest BCUT2D eigenvalue weighted by molar-refractivity contribution is 5.38. The Kier molecular flexibility index (Phi) is 4.62. The normalized spacial score (nSPS) is 15.3. The lowest BCUT2D eigenvalue weighted by Crippen LogP contribution is -2.48. The molecule has 18 heavy (non-hydrogen) atoms. The molecule has 0 bridgehead atoms. The second-order valence-electron chi connectivity index (χ2n) is 4.35. The summed E-state index contributed by atoms with van der Waals surface area (Å²) in [6.07, 6.45) is -6.23. The molecular weight excluding hydrogens is 243 g/mol. The van der Waals surface area contributed by atoms with Crippen LogP contribution >= 0.6 is 0 Å². The van der Waals surface area contributed by atoms with Crippen LogP contribution in [0.4, 0.5) is 13.2 Å². The van der Waals surface area contributed by atoms with Gasteiger partial charge in [0.25, 0.3) is 0 Å². The van der Waals surface area contributed by atoms with Gasteiger partial charge in [-0.1, -0.05) is 19.1 Å². The first-order valence-electron chi connectivity index (χ1n) is 5.82. The maximum Gasteiger partial charge on any atom is 0.426 e. The summed E-state index contributed by atoms with van der Waals surface area (Å²) in [4.78, 5) is 0. The van der Waals surface area contributed by atoms with Gasteiger partial charge in [0.2, 0.25) is 6.10 Å². The molecule has 0 aliphatic carbocycles. The maximum absolute atomic E-state index is 12.9. The van der Waals surface area contributed by atoms with Gasteiger partial charge in [0.15, 0.2) is 0 Å². The molecule has 1 aromatic rings. The smallest absolute Gasteiger partial charge is 0.426 e. The zero-order valence-electron chi connectivity index (χ0n) is 10.7. The van der Waals surface area contributed by atoms with Crippen LogP contribution in [0.15, 0.2) is 18.2 Å². The minimum absolute atomic E-state index is 0.203. The summed E-state index contributed by atoms with van der Waals surface area (Å²) in [5.74, 6) is 0.237. The van der Waals surface area contributed by atoms with E-state index in [-0.39, 0.29) is 12.2 Å². The lowest BCUT2D eigenvalue weighted by atomic mass is 10.1. The molecule has 2 nitrogen and oxygen atoms in total. The van der Waals surface area contributed by atoms with Crippen LogP contribution < -0.4 is 10.5 Å². The van der Waals surface area contributed by atoms with E-state index >= 15 is 0 Å². The first kappa shape index (κ1) is 14.8. The van der Waals surface area contributed by atoms with E-state index in [1.165, 1.54) is 6.07 Å². The Labute approximate surface area is 105 Å². The van der Waals surface area contributed by atoms with Gasteiger partial charge >= 0.3 is 6.18 Å². The molecule has 0 amide bonds. The summed E-state index contributed by atoms with van der Waals surface area (Å²) in [7, 11) is 0. The topological polar surface area (TPSA) is 35.2 Å². The standard InChI is InChI=1S/C13H18F3NO/c1-4-10(17)12(13(14,15)16)18-11-7-5-6-8(2)9(11)3/h5-7,10,12H,4,17H2,1-3H3. The summed E-state index contributed by atoms with van der Waals surface area (Å²) in [6.45, 7) is 5.16. The van der Waals surface area contributed by atoms with Crippen molar-refractivity contribution in [1.82, 2.24) is 0 Å². The quantitative estimate of drug-likeness (QED) is 0.902. The second-order valence-corrected chi connectivity index (χ2v) is 4.35. The van der Waals surface area contributed by atoms with Crippen LogP contribution in [-0.4, -0.2) is 18.3 Å². The Morgan fingerprint density at radius 3 is 2.39 bits per heavy atom. The van der Waals surface area contributed by atoms with Gasteiger partial charge in [-0.05, 0) is 37.5 Å². The largest absolute Gasteiger partial charge is 0.479 e. The van der Waals surface area contributed by atoms with Gasteiger partial charge in [-0.25, -0.2) is 0 Å².